The lowest BCUT2D eigenvalue weighted by Crippen LogP contribution is -2.48. The molecule has 2 atom stereocenters. The van der Waals surface area contributed by atoms with Crippen molar-refractivity contribution in [1.82, 2.24) is 9.71 Å². The van der Waals surface area contributed by atoms with Crippen LogP contribution in [0.15, 0.2) is 78.9 Å². The van der Waals surface area contributed by atoms with Gasteiger partial charge in [-0.05, 0) is 92.0 Å². The van der Waals surface area contributed by atoms with Crippen molar-refractivity contribution in [3.8, 4) is 11.5 Å². The van der Waals surface area contributed by atoms with Crippen molar-refractivity contribution < 1.29 is 13.7 Å². The Kier molecular flexibility index (Phi) is 9.58. The molecule has 3 aromatic carbocycles. The van der Waals surface area contributed by atoms with Gasteiger partial charge in [-0.15, -0.1) is 0 Å². The third-order valence-electron chi connectivity index (χ3n) is 9.81. The molecule has 6 rings (SSSR count). The van der Waals surface area contributed by atoms with E-state index in [4.69, 9.17) is 25.9 Å². The summed E-state index contributed by atoms with van der Waals surface area (Å²) in [6.07, 6.45) is 2.84. The number of nitrogens with one attached hydrogen (secondary N) is 1. The highest BCUT2D eigenvalue weighted by Crippen LogP contribution is 2.53. The largest absolute Gasteiger partial charge is 0.497 e. The first-order valence-electron chi connectivity index (χ1n) is 16.6. The highest BCUT2D eigenvalue weighted by atomic mass is 32.2. The third kappa shape index (κ3) is 6.96. The van der Waals surface area contributed by atoms with Crippen molar-refractivity contribution in [2.45, 2.75) is 63.9 Å². The molecule has 5 N–H and O–H groups in total. The molecule has 1 fully saturated rings. The zero-order valence-corrected chi connectivity index (χ0v) is 29.5. The van der Waals surface area contributed by atoms with E-state index in [9.17, 15) is 4.21 Å². The van der Waals surface area contributed by atoms with E-state index < -0.39 is 11.0 Å². The molecule has 0 amide bonds. The lowest BCUT2D eigenvalue weighted by molar-refractivity contribution is 0.177. The van der Waals surface area contributed by atoms with Gasteiger partial charge in [0.05, 0.1) is 47.4 Å². The Morgan fingerprint density at radius 3 is 2.02 bits per heavy atom. The minimum absolute atomic E-state index is 0.0281. The van der Waals surface area contributed by atoms with Crippen molar-refractivity contribution in [3.63, 3.8) is 0 Å². The third-order valence-corrected chi connectivity index (χ3v) is 11.4. The molecule has 0 radical (unpaired) electrons. The Balaban J connectivity index is 1.28. The van der Waals surface area contributed by atoms with Crippen LogP contribution in [0.3, 0.4) is 0 Å². The van der Waals surface area contributed by atoms with Crippen LogP contribution in [0.1, 0.15) is 61.9 Å². The molecule has 254 valence electrons. The van der Waals surface area contributed by atoms with Gasteiger partial charge in [-0.25, -0.2) is 13.9 Å². The fraction of sp³-hybridized carbons (Fsp3) is 0.395. The zero-order valence-electron chi connectivity index (χ0n) is 28.7. The Bertz CT molecular complexity index is 1700. The van der Waals surface area contributed by atoms with E-state index in [0.29, 0.717) is 30.3 Å². The molecule has 1 saturated heterocycles. The molecule has 1 spiro atoms. The van der Waals surface area contributed by atoms with Gasteiger partial charge in [0.2, 0.25) is 0 Å². The Labute approximate surface area is 287 Å². The first-order valence-corrected chi connectivity index (χ1v) is 17.7. The molecule has 1 aromatic heterocycles. The lowest BCUT2D eigenvalue weighted by Gasteiger charge is -2.44. The number of nitrogens with zero attached hydrogens (tertiary/aromatic N) is 3. The van der Waals surface area contributed by atoms with Gasteiger partial charge in [0.15, 0.2) is 5.82 Å². The number of methoxy groups -OCH3 is 2. The number of benzene rings is 3. The molecule has 4 aromatic rings. The second-order valence-electron chi connectivity index (χ2n) is 14.0. The van der Waals surface area contributed by atoms with Crippen LogP contribution in [0.25, 0.3) is 0 Å². The molecular weight excluding hydrogens is 621 g/mol. The first kappa shape index (κ1) is 33.6. The molecule has 2 heterocycles. The van der Waals surface area contributed by atoms with Crippen LogP contribution in [0.4, 0.5) is 23.0 Å². The van der Waals surface area contributed by atoms with Crippen molar-refractivity contribution in [2.75, 3.05) is 48.6 Å². The molecule has 1 aliphatic heterocycles. The van der Waals surface area contributed by atoms with E-state index in [1.54, 1.807) is 14.2 Å². The number of aromatic nitrogens is 1. The molecule has 1 aliphatic carbocycles. The van der Waals surface area contributed by atoms with Gasteiger partial charge in [0.1, 0.15) is 17.3 Å². The normalized spacial score (nSPS) is 17.6. The van der Waals surface area contributed by atoms with Crippen LogP contribution in [0, 0.1) is 5.41 Å². The molecule has 2 aliphatic rings. The SMILES string of the molecule is COc1ccc(CN(Cc2ccc(OC)cc2)c2nc(N3CCC4(CC3)Cc3ccccc3[C@H]4NS(=O)C(C)(C)C)cc(N)c2N)cc1. The summed E-state index contributed by atoms with van der Waals surface area (Å²) in [5.41, 5.74) is 19.1. The van der Waals surface area contributed by atoms with E-state index in [2.05, 4.69) is 63.1 Å². The van der Waals surface area contributed by atoms with Crippen LogP contribution in [-0.4, -0.2) is 41.2 Å². The van der Waals surface area contributed by atoms with Crippen molar-refractivity contribution >= 4 is 34.0 Å². The topological polar surface area (TPSA) is 119 Å². The highest BCUT2D eigenvalue weighted by Gasteiger charge is 2.49. The van der Waals surface area contributed by atoms with Gasteiger partial charge in [-0.3, -0.25) is 0 Å². The summed E-state index contributed by atoms with van der Waals surface area (Å²) in [4.78, 5) is 9.71. The maximum atomic E-state index is 13.4. The molecule has 10 heteroatoms. The number of ether oxygens (including phenoxy) is 2. The fourth-order valence-electron chi connectivity index (χ4n) is 6.97. The van der Waals surface area contributed by atoms with Crippen LogP contribution in [-0.2, 0) is 30.5 Å². The molecule has 48 heavy (non-hydrogen) atoms. The summed E-state index contributed by atoms with van der Waals surface area (Å²) < 4.78 is 27.4. The lowest BCUT2D eigenvalue weighted by atomic mass is 9.73. The van der Waals surface area contributed by atoms with Crippen LogP contribution in [0.2, 0.25) is 0 Å². The van der Waals surface area contributed by atoms with Gasteiger partial charge in [0, 0.05) is 32.2 Å². The smallest absolute Gasteiger partial charge is 0.156 e. The minimum atomic E-state index is -1.18. The number of rotatable bonds is 10. The predicted molar refractivity (Wildman–Crippen MR) is 197 cm³/mol. The van der Waals surface area contributed by atoms with E-state index in [1.165, 1.54) is 11.1 Å². The average molecular weight is 669 g/mol. The second-order valence-corrected chi connectivity index (χ2v) is 16.0. The van der Waals surface area contributed by atoms with Crippen molar-refractivity contribution in [2.24, 2.45) is 5.41 Å². The fourth-order valence-corrected chi connectivity index (χ4v) is 7.91. The summed E-state index contributed by atoms with van der Waals surface area (Å²) in [6.45, 7) is 8.84. The number of nitrogen functional groups attached to an aromatic ring is 2. The number of nitrogens with two attached hydrogens (primary N) is 2. The van der Waals surface area contributed by atoms with E-state index >= 15 is 0 Å². The number of pyridine rings is 1. The molecule has 0 bridgehead atoms. The maximum absolute atomic E-state index is 13.4. The molecular formula is C38H48N6O3S. The van der Waals surface area contributed by atoms with Gasteiger partial charge >= 0.3 is 0 Å². The van der Waals surface area contributed by atoms with E-state index in [-0.39, 0.29) is 16.2 Å². The summed E-state index contributed by atoms with van der Waals surface area (Å²) in [6, 6.07) is 26.7. The number of anilines is 4. The van der Waals surface area contributed by atoms with Crippen LogP contribution < -0.4 is 35.5 Å². The number of hydrogen-bond acceptors (Lipinski definition) is 8. The molecule has 1 unspecified atom stereocenters. The van der Waals surface area contributed by atoms with Crippen molar-refractivity contribution in [1.29, 1.82) is 0 Å². The quantitative estimate of drug-likeness (QED) is 0.178. The minimum Gasteiger partial charge on any atom is -0.497 e. The zero-order chi connectivity index (χ0) is 34.1. The summed E-state index contributed by atoms with van der Waals surface area (Å²) in [7, 11) is 2.15. The van der Waals surface area contributed by atoms with Gasteiger partial charge in [-0.1, -0.05) is 48.5 Å². The standard InChI is InChI=1S/C38H48N6O3S/c1-37(2,3)48(45)42-35-31-9-7-6-8-28(31)23-38(35)18-20-43(21-19-38)33-22-32(39)34(40)36(41-33)44(24-26-10-14-29(46-4)15-11-26)25-27-12-16-30(47-5)17-13-27/h6-17,22,35,42H,18-21,23-25,40H2,1-5H3,(H2,39,41)/t35-,48?/m1/s1. The summed E-state index contributed by atoms with van der Waals surface area (Å²) in [5, 5.41) is 0. The summed E-state index contributed by atoms with van der Waals surface area (Å²) in [5.74, 6) is 3.09. The molecule has 0 saturated carbocycles. The van der Waals surface area contributed by atoms with Gasteiger partial charge in [-0.2, -0.15) is 0 Å². The Hall–Kier alpha value is -4.28. The number of piperidine rings is 1. The Morgan fingerprint density at radius 1 is 0.917 bits per heavy atom. The predicted octanol–water partition coefficient (Wildman–Crippen LogP) is 6.41. The van der Waals surface area contributed by atoms with Crippen LogP contribution in [0.5, 0.6) is 11.5 Å². The maximum Gasteiger partial charge on any atom is 0.156 e. The Morgan fingerprint density at radius 2 is 1.48 bits per heavy atom. The number of hydrogen-bond donors (Lipinski definition) is 3. The number of fused-ring (bicyclic) bond motifs is 1. The van der Waals surface area contributed by atoms with Gasteiger partial charge < -0.3 is 30.7 Å². The first-order chi connectivity index (χ1) is 23.0. The second kappa shape index (κ2) is 13.7. The van der Waals surface area contributed by atoms with E-state index in [1.807, 2.05) is 51.1 Å². The van der Waals surface area contributed by atoms with Crippen molar-refractivity contribution in [3.05, 3.63) is 101 Å². The van der Waals surface area contributed by atoms with Crippen LogP contribution >= 0.6 is 0 Å². The average Bonchev–Trinajstić information content (AvgIpc) is 3.38. The highest BCUT2D eigenvalue weighted by molar-refractivity contribution is 7.84. The van der Waals surface area contributed by atoms with E-state index in [0.717, 1.165) is 60.8 Å². The monoisotopic (exact) mass is 668 g/mol. The summed E-state index contributed by atoms with van der Waals surface area (Å²) >= 11 is 0. The molecule has 9 nitrogen and oxygen atoms in total. The van der Waals surface area contributed by atoms with Gasteiger partial charge in [0.25, 0.3) is 0 Å².